The average Bonchev–Trinajstić information content (AvgIpc) is 2.77. The molecule has 2 fully saturated rings. The number of amides is 1. The highest BCUT2D eigenvalue weighted by Crippen LogP contribution is 2.20. The van der Waals surface area contributed by atoms with Gasteiger partial charge in [-0.15, -0.1) is 0 Å². The molecule has 0 bridgehead atoms. The summed E-state index contributed by atoms with van der Waals surface area (Å²) in [6.07, 6.45) is 1.72. The normalized spacial score (nSPS) is 18.6. The Morgan fingerprint density at radius 2 is 1.86 bits per heavy atom. The van der Waals surface area contributed by atoms with Gasteiger partial charge in [-0.2, -0.15) is 5.26 Å². The van der Waals surface area contributed by atoms with E-state index in [1.807, 2.05) is 29.2 Å². The smallest absolute Gasteiger partial charge is 0.225 e. The maximum Gasteiger partial charge on any atom is 0.225 e. The summed E-state index contributed by atoms with van der Waals surface area (Å²) in [5.41, 5.74) is 1.73. The van der Waals surface area contributed by atoms with E-state index in [-0.39, 0.29) is 11.8 Å². The van der Waals surface area contributed by atoms with Crippen molar-refractivity contribution in [1.82, 2.24) is 15.1 Å². The van der Waals surface area contributed by atoms with Crippen molar-refractivity contribution in [3.63, 3.8) is 0 Å². The van der Waals surface area contributed by atoms with Crippen LogP contribution in [0.15, 0.2) is 29.3 Å². The molecule has 2 aliphatic heterocycles. The van der Waals surface area contributed by atoms with Gasteiger partial charge in [0.05, 0.1) is 31.4 Å². The number of guanidine groups is 1. The molecule has 0 aliphatic carbocycles. The van der Waals surface area contributed by atoms with Gasteiger partial charge in [-0.25, -0.2) is 4.99 Å². The number of aliphatic imine (C=N–C) groups is 1. The Labute approximate surface area is 167 Å². The largest absolute Gasteiger partial charge is 0.378 e. The number of carbonyl (C=O) groups excluding carboxylic acids is 1. The lowest BCUT2D eigenvalue weighted by atomic mass is 9.95. The molecule has 7 heteroatoms. The van der Waals surface area contributed by atoms with Gasteiger partial charge in [0.25, 0.3) is 0 Å². The molecule has 0 spiro atoms. The fourth-order valence-electron chi connectivity index (χ4n) is 3.66. The number of ether oxygens (including phenoxy) is 1. The van der Waals surface area contributed by atoms with E-state index >= 15 is 0 Å². The molecule has 1 amide bonds. The van der Waals surface area contributed by atoms with Gasteiger partial charge in [0, 0.05) is 38.6 Å². The lowest BCUT2D eigenvalue weighted by molar-refractivity contribution is -0.140. The molecule has 28 heavy (non-hydrogen) atoms. The van der Waals surface area contributed by atoms with Crippen LogP contribution in [0.3, 0.4) is 0 Å². The van der Waals surface area contributed by atoms with Crippen LogP contribution in [0.2, 0.25) is 0 Å². The van der Waals surface area contributed by atoms with Crippen molar-refractivity contribution in [3.05, 3.63) is 35.4 Å². The minimum absolute atomic E-state index is 0.107. The summed E-state index contributed by atoms with van der Waals surface area (Å²) in [6, 6.07) is 9.66. The Balaban J connectivity index is 1.56. The molecule has 0 aromatic heterocycles. The number of carbonyl (C=O) groups is 1. The number of nitriles is 1. The maximum atomic E-state index is 12.7. The first-order valence-electron chi connectivity index (χ1n) is 10.1. The molecule has 2 heterocycles. The zero-order chi connectivity index (χ0) is 19.8. The molecule has 1 aromatic rings. The number of hydrogen-bond donors (Lipinski definition) is 1. The van der Waals surface area contributed by atoms with E-state index in [1.54, 1.807) is 0 Å². The SMILES string of the molecule is CCNC(=NCc1ccc(C#N)cc1)N1CCC(C(=O)N2CCOCC2)CC1. The van der Waals surface area contributed by atoms with Crippen LogP contribution in [-0.4, -0.2) is 67.6 Å². The highest BCUT2D eigenvalue weighted by atomic mass is 16.5. The van der Waals surface area contributed by atoms with E-state index < -0.39 is 0 Å². The van der Waals surface area contributed by atoms with Crippen molar-refractivity contribution in [1.29, 1.82) is 5.26 Å². The quantitative estimate of drug-likeness (QED) is 0.631. The van der Waals surface area contributed by atoms with E-state index in [0.717, 1.165) is 44.0 Å². The van der Waals surface area contributed by atoms with Crippen LogP contribution in [-0.2, 0) is 16.1 Å². The lowest BCUT2D eigenvalue weighted by Crippen LogP contribution is -2.50. The van der Waals surface area contributed by atoms with E-state index in [0.29, 0.717) is 38.4 Å². The zero-order valence-corrected chi connectivity index (χ0v) is 16.6. The molecule has 0 radical (unpaired) electrons. The second-order valence-electron chi connectivity index (χ2n) is 7.18. The number of piperidine rings is 1. The Hall–Kier alpha value is -2.59. The van der Waals surface area contributed by atoms with E-state index in [2.05, 4.69) is 23.2 Å². The van der Waals surface area contributed by atoms with Gasteiger partial charge in [-0.3, -0.25) is 4.79 Å². The van der Waals surface area contributed by atoms with Crippen LogP contribution in [0.4, 0.5) is 0 Å². The second-order valence-corrected chi connectivity index (χ2v) is 7.18. The molecule has 0 atom stereocenters. The van der Waals surface area contributed by atoms with Crippen molar-refractivity contribution < 1.29 is 9.53 Å². The third kappa shape index (κ3) is 5.23. The molecule has 0 saturated carbocycles. The Kier molecular flexibility index (Phi) is 7.26. The number of likely N-dealkylation sites (tertiary alicyclic amines) is 1. The molecule has 1 aromatic carbocycles. The summed E-state index contributed by atoms with van der Waals surface area (Å²) >= 11 is 0. The van der Waals surface area contributed by atoms with E-state index in [9.17, 15) is 4.79 Å². The van der Waals surface area contributed by atoms with Crippen LogP contribution in [0.5, 0.6) is 0 Å². The average molecular weight is 383 g/mol. The van der Waals surface area contributed by atoms with Crippen LogP contribution >= 0.6 is 0 Å². The Morgan fingerprint density at radius 3 is 2.46 bits per heavy atom. The van der Waals surface area contributed by atoms with Gasteiger partial charge in [0.2, 0.25) is 5.91 Å². The first-order chi connectivity index (χ1) is 13.7. The first-order valence-corrected chi connectivity index (χ1v) is 10.1. The van der Waals surface area contributed by atoms with Gasteiger partial charge in [0.1, 0.15) is 0 Å². The molecule has 2 saturated heterocycles. The maximum absolute atomic E-state index is 12.7. The van der Waals surface area contributed by atoms with Gasteiger partial charge in [-0.1, -0.05) is 12.1 Å². The number of benzene rings is 1. The summed E-state index contributed by atoms with van der Waals surface area (Å²) in [5, 5.41) is 12.3. The minimum atomic E-state index is 0.107. The van der Waals surface area contributed by atoms with Crippen molar-refractivity contribution in [2.45, 2.75) is 26.3 Å². The van der Waals surface area contributed by atoms with Gasteiger partial charge >= 0.3 is 0 Å². The zero-order valence-electron chi connectivity index (χ0n) is 16.6. The van der Waals surface area contributed by atoms with E-state index in [4.69, 9.17) is 15.0 Å². The molecule has 7 nitrogen and oxygen atoms in total. The van der Waals surface area contributed by atoms with Crippen molar-refractivity contribution in [2.24, 2.45) is 10.9 Å². The summed E-state index contributed by atoms with van der Waals surface area (Å²) in [6.45, 7) is 7.83. The number of nitrogens with one attached hydrogen (secondary N) is 1. The topological polar surface area (TPSA) is 81.0 Å². The van der Waals surface area contributed by atoms with Crippen LogP contribution in [0.1, 0.15) is 30.9 Å². The summed E-state index contributed by atoms with van der Waals surface area (Å²) in [5.74, 6) is 1.28. The van der Waals surface area contributed by atoms with Gasteiger partial charge < -0.3 is 19.9 Å². The highest BCUT2D eigenvalue weighted by Gasteiger charge is 2.30. The predicted octanol–water partition coefficient (Wildman–Crippen LogP) is 1.59. The van der Waals surface area contributed by atoms with Crippen molar-refractivity contribution >= 4 is 11.9 Å². The van der Waals surface area contributed by atoms with Crippen LogP contribution in [0.25, 0.3) is 0 Å². The van der Waals surface area contributed by atoms with Crippen molar-refractivity contribution in [2.75, 3.05) is 45.9 Å². The highest BCUT2D eigenvalue weighted by molar-refractivity contribution is 5.82. The predicted molar refractivity (Wildman–Crippen MR) is 108 cm³/mol. The number of nitrogens with zero attached hydrogens (tertiary/aromatic N) is 4. The summed E-state index contributed by atoms with van der Waals surface area (Å²) < 4.78 is 5.35. The van der Waals surface area contributed by atoms with Crippen LogP contribution < -0.4 is 5.32 Å². The number of rotatable bonds is 4. The Morgan fingerprint density at radius 1 is 1.18 bits per heavy atom. The molecule has 3 rings (SSSR count). The van der Waals surface area contributed by atoms with Gasteiger partial charge in [0.15, 0.2) is 5.96 Å². The third-order valence-electron chi connectivity index (χ3n) is 5.30. The fourth-order valence-corrected chi connectivity index (χ4v) is 3.66. The Bertz CT molecular complexity index is 711. The molecule has 1 N–H and O–H groups in total. The summed E-state index contributed by atoms with van der Waals surface area (Å²) in [4.78, 5) is 21.7. The van der Waals surface area contributed by atoms with E-state index in [1.165, 1.54) is 0 Å². The fraction of sp³-hybridized carbons (Fsp3) is 0.571. The first kappa shape index (κ1) is 20.2. The molecular weight excluding hydrogens is 354 g/mol. The van der Waals surface area contributed by atoms with Crippen LogP contribution in [0, 0.1) is 17.2 Å². The molecule has 0 unspecified atom stereocenters. The molecule has 2 aliphatic rings. The number of hydrogen-bond acceptors (Lipinski definition) is 4. The standard InChI is InChI=1S/C21H29N5O2/c1-2-23-21(24-16-18-5-3-17(15-22)4-6-18)26-9-7-19(8-10-26)20(27)25-11-13-28-14-12-25/h3-6,19H,2,7-14,16H2,1H3,(H,23,24). The minimum Gasteiger partial charge on any atom is -0.378 e. The van der Waals surface area contributed by atoms with Crippen molar-refractivity contribution in [3.8, 4) is 6.07 Å². The molecule has 150 valence electrons. The summed E-state index contributed by atoms with van der Waals surface area (Å²) in [7, 11) is 0. The second kappa shape index (κ2) is 10.1. The number of morpholine rings is 1. The third-order valence-corrected chi connectivity index (χ3v) is 5.30. The molecular formula is C21H29N5O2. The monoisotopic (exact) mass is 383 g/mol. The lowest BCUT2D eigenvalue weighted by Gasteiger charge is -2.36. The van der Waals surface area contributed by atoms with Gasteiger partial charge in [-0.05, 0) is 37.5 Å².